The second-order valence-corrected chi connectivity index (χ2v) is 9.88. The number of rotatable bonds is 8. The summed E-state index contributed by atoms with van der Waals surface area (Å²) in [5, 5.41) is 4.13. The van der Waals surface area contributed by atoms with Crippen LogP contribution in [0.5, 0.6) is 6.01 Å². The number of aryl methyl sites for hydroxylation is 1. The molecule has 8 nitrogen and oxygen atoms in total. The van der Waals surface area contributed by atoms with Gasteiger partial charge < -0.3 is 14.8 Å². The van der Waals surface area contributed by atoms with E-state index in [0.717, 1.165) is 66.1 Å². The first-order valence-electron chi connectivity index (χ1n) is 12.3. The van der Waals surface area contributed by atoms with E-state index in [1.165, 1.54) is 37.9 Å². The van der Waals surface area contributed by atoms with Crippen LogP contribution in [0.4, 0.5) is 10.9 Å². The monoisotopic (exact) mass is 480 g/mol. The van der Waals surface area contributed by atoms with Gasteiger partial charge in [-0.2, -0.15) is 4.98 Å². The average Bonchev–Trinajstić information content (AvgIpc) is 3.35. The minimum Gasteiger partial charge on any atom is -0.460 e. The maximum absolute atomic E-state index is 6.04. The first-order valence-corrected chi connectivity index (χ1v) is 13.1. The largest absolute Gasteiger partial charge is 0.460 e. The zero-order valence-corrected chi connectivity index (χ0v) is 20.5. The third kappa shape index (κ3) is 5.89. The van der Waals surface area contributed by atoms with Crippen LogP contribution in [-0.2, 0) is 17.7 Å². The molecule has 2 aliphatic heterocycles. The number of nitrogens with zero attached hydrogens (tertiary/aromatic N) is 5. The molecule has 0 amide bonds. The molecule has 5 rings (SSSR count). The van der Waals surface area contributed by atoms with E-state index in [9.17, 15) is 0 Å². The number of anilines is 2. The van der Waals surface area contributed by atoms with Gasteiger partial charge in [-0.3, -0.25) is 4.90 Å². The summed E-state index contributed by atoms with van der Waals surface area (Å²) in [6, 6.07) is 4.60. The summed E-state index contributed by atoms with van der Waals surface area (Å²) >= 11 is 1.56. The summed E-state index contributed by atoms with van der Waals surface area (Å²) < 4.78 is 11.5. The van der Waals surface area contributed by atoms with Crippen molar-refractivity contribution in [1.29, 1.82) is 0 Å². The van der Waals surface area contributed by atoms with Crippen LogP contribution in [-0.4, -0.2) is 57.2 Å². The number of nitrogens with one attached hydrogen (secondary N) is 1. The van der Waals surface area contributed by atoms with Crippen LogP contribution < -0.4 is 10.1 Å². The van der Waals surface area contributed by atoms with Crippen LogP contribution >= 0.6 is 11.3 Å². The average molecular weight is 481 g/mol. The molecule has 34 heavy (non-hydrogen) atoms. The summed E-state index contributed by atoms with van der Waals surface area (Å²) in [7, 11) is 0. The van der Waals surface area contributed by atoms with E-state index in [1.807, 2.05) is 24.7 Å². The molecule has 2 fully saturated rings. The molecule has 5 heterocycles. The molecule has 2 aliphatic rings. The van der Waals surface area contributed by atoms with Gasteiger partial charge in [-0.15, -0.1) is 0 Å². The van der Waals surface area contributed by atoms with Gasteiger partial charge in [0.1, 0.15) is 11.9 Å². The topological polar surface area (TPSA) is 85.3 Å². The van der Waals surface area contributed by atoms with Gasteiger partial charge in [-0.05, 0) is 49.5 Å². The molecule has 0 bridgehead atoms. The first-order chi connectivity index (χ1) is 16.8. The highest BCUT2D eigenvalue weighted by atomic mass is 32.1. The highest BCUT2D eigenvalue weighted by Gasteiger charge is 2.19. The minimum absolute atomic E-state index is 0.108. The van der Waals surface area contributed by atoms with Gasteiger partial charge in [0.2, 0.25) is 0 Å². The Bertz CT molecular complexity index is 1060. The van der Waals surface area contributed by atoms with Gasteiger partial charge >= 0.3 is 6.01 Å². The predicted molar refractivity (Wildman–Crippen MR) is 134 cm³/mol. The Labute approximate surface area is 204 Å². The molecule has 3 aromatic heterocycles. The quantitative estimate of drug-likeness (QED) is 0.490. The van der Waals surface area contributed by atoms with Crippen LogP contribution in [0.1, 0.15) is 50.2 Å². The molecule has 0 aromatic carbocycles. The first kappa shape index (κ1) is 23.1. The lowest BCUT2D eigenvalue weighted by atomic mass is 10.1. The summed E-state index contributed by atoms with van der Waals surface area (Å²) in [6.07, 6.45) is 12.3. The Morgan fingerprint density at radius 2 is 1.91 bits per heavy atom. The van der Waals surface area contributed by atoms with Gasteiger partial charge in [-0.1, -0.05) is 30.7 Å². The van der Waals surface area contributed by atoms with Crippen molar-refractivity contribution in [1.82, 2.24) is 24.8 Å². The highest BCUT2D eigenvalue weighted by Crippen LogP contribution is 2.32. The standard InChI is InChI=1S/C25H32N6O2S/c1-2-19-15-27-24(33-20-8-12-32-13-9-20)30-23(19)21-16-28-25(34-21)29-22-7-6-18(14-26-22)17-31-10-4-3-5-11-31/h6-7,14-16,20H,2-5,8-13,17H2,1H3,(H,26,28,29). The maximum Gasteiger partial charge on any atom is 0.317 e. The molecule has 3 aromatic rings. The zero-order valence-electron chi connectivity index (χ0n) is 19.7. The molecular weight excluding hydrogens is 448 g/mol. The van der Waals surface area contributed by atoms with E-state index >= 15 is 0 Å². The predicted octanol–water partition coefficient (Wildman–Crippen LogP) is 4.84. The lowest BCUT2D eigenvalue weighted by molar-refractivity contribution is 0.0217. The molecule has 0 spiro atoms. The second-order valence-electron chi connectivity index (χ2n) is 8.85. The van der Waals surface area contributed by atoms with E-state index in [4.69, 9.17) is 14.5 Å². The van der Waals surface area contributed by atoms with Crippen LogP contribution in [0.2, 0.25) is 0 Å². The van der Waals surface area contributed by atoms with Crippen LogP contribution in [0.25, 0.3) is 10.6 Å². The molecule has 0 atom stereocenters. The lowest BCUT2D eigenvalue weighted by Crippen LogP contribution is -2.29. The third-order valence-corrected chi connectivity index (χ3v) is 7.24. The van der Waals surface area contributed by atoms with Crippen LogP contribution in [0.3, 0.4) is 0 Å². The Balaban J connectivity index is 1.25. The van der Waals surface area contributed by atoms with Gasteiger partial charge in [0.25, 0.3) is 0 Å². The van der Waals surface area contributed by atoms with Crippen molar-refractivity contribution in [2.75, 3.05) is 31.6 Å². The van der Waals surface area contributed by atoms with Crippen molar-refractivity contribution in [3.8, 4) is 16.6 Å². The number of piperidine rings is 1. The van der Waals surface area contributed by atoms with E-state index in [0.29, 0.717) is 6.01 Å². The smallest absolute Gasteiger partial charge is 0.317 e. The van der Waals surface area contributed by atoms with Gasteiger partial charge in [0.15, 0.2) is 5.13 Å². The van der Waals surface area contributed by atoms with Crippen LogP contribution in [0, 0.1) is 0 Å². The second kappa shape index (κ2) is 11.2. The molecule has 9 heteroatoms. The van der Waals surface area contributed by atoms with Crippen molar-refractivity contribution >= 4 is 22.3 Å². The number of hydrogen-bond donors (Lipinski definition) is 1. The normalized spacial score (nSPS) is 17.6. The van der Waals surface area contributed by atoms with Crippen molar-refractivity contribution in [2.45, 2.75) is 58.1 Å². The van der Waals surface area contributed by atoms with E-state index in [-0.39, 0.29) is 6.10 Å². The van der Waals surface area contributed by atoms with Gasteiger partial charge in [0, 0.05) is 38.0 Å². The zero-order chi connectivity index (χ0) is 23.2. The third-order valence-electron chi connectivity index (χ3n) is 6.32. The number of thiazole rings is 1. The van der Waals surface area contributed by atoms with Crippen molar-refractivity contribution < 1.29 is 9.47 Å². The maximum atomic E-state index is 6.04. The molecule has 0 unspecified atom stereocenters. The summed E-state index contributed by atoms with van der Waals surface area (Å²) in [5.74, 6) is 0.797. The fourth-order valence-electron chi connectivity index (χ4n) is 4.38. The summed E-state index contributed by atoms with van der Waals surface area (Å²) in [6.45, 7) is 6.90. The van der Waals surface area contributed by atoms with E-state index in [2.05, 4.69) is 38.2 Å². The molecule has 1 N–H and O–H groups in total. The minimum atomic E-state index is 0.108. The molecule has 0 aliphatic carbocycles. The summed E-state index contributed by atoms with van der Waals surface area (Å²) in [4.78, 5) is 21.8. The van der Waals surface area contributed by atoms with Gasteiger partial charge in [0.05, 0.1) is 23.8 Å². The van der Waals surface area contributed by atoms with Crippen LogP contribution in [0.15, 0.2) is 30.7 Å². The molecule has 2 saturated heterocycles. The number of likely N-dealkylation sites (tertiary alicyclic amines) is 1. The lowest BCUT2D eigenvalue weighted by Gasteiger charge is -2.26. The fraction of sp³-hybridized carbons (Fsp3) is 0.520. The van der Waals surface area contributed by atoms with E-state index in [1.54, 1.807) is 11.3 Å². The Morgan fingerprint density at radius 1 is 1.06 bits per heavy atom. The number of hydrogen-bond acceptors (Lipinski definition) is 9. The number of aromatic nitrogens is 4. The molecular formula is C25H32N6O2S. The van der Waals surface area contributed by atoms with Gasteiger partial charge in [-0.25, -0.2) is 15.0 Å². The van der Waals surface area contributed by atoms with Crippen molar-refractivity contribution in [2.24, 2.45) is 0 Å². The number of ether oxygens (including phenoxy) is 2. The Morgan fingerprint density at radius 3 is 2.68 bits per heavy atom. The molecule has 180 valence electrons. The van der Waals surface area contributed by atoms with Crippen molar-refractivity contribution in [3.63, 3.8) is 0 Å². The Kier molecular flexibility index (Phi) is 7.62. The summed E-state index contributed by atoms with van der Waals surface area (Å²) in [5.41, 5.74) is 3.21. The number of pyridine rings is 1. The highest BCUT2D eigenvalue weighted by molar-refractivity contribution is 7.18. The van der Waals surface area contributed by atoms with E-state index < -0.39 is 0 Å². The Hall–Kier alpha value is -2.62. The fourth-order valence-corrected chi connectivity index (χ4v) is 5.23. The van der Waals surface area contributed by atoms with Crippen molar-refractivity contribution in [3.05, 3.63) is 41.9 Å². The SMILES string of the molecule is CCc1cnc(OC2CCOCC2)nc1-c1cnc(Nc2ccc(CN3CCCCC3)cn2)s1. The molecule has 0 saturated carbocycles. The molecule has 0 radical (unpaired) electrons.